The number of halogens is 1. The number of benzene rings is 2. The summed E-state index contributed by atoms with van der Waals surface area (Å²) in [6, 6.07) is 10.6. The number of rotatable bonds is 2. The molecule has 25 heavy (non-hydrogen) atoms. The molecule has 2 aromatic carbocycles. The maximum absolute atomic E-state index is 13.2. The Labute approximate surface area is 141 Å². The van der Waals surface area contributed by atoms with Crippen molar-refractivity contribution in [2.75, 3.05) is 6.54 Å². The Morgan fingerprint density at radius 2 is 1.84 bits per heavy atom. The second-order valence-electron chi connectivity index (χ2n) is 6.25. The highest BCUT2D eigenvalue weighted by molar-refractivity contribution is 5.97. The molecule has 4 rings (SSSR count). The molecule has 2 heterocycles. The SMILES string of the molecule is O=C(c1ccc2[nH]c(=O)[nH]c2c1)N1C[C@H](O)C[C@@H]1c1ccc(F)cc1. The smallest absolute Gasteiger partial charge is 0.323 e. The summed E-state index contributed by atoms with van der Waals surface area (Å²) in [4.78, 5) is 31.1. The van der Waals surface area contributed by atoms with Gasteiger partial charge in [0.05, 0.1) is 23.2 Å². The van der Waals surface area contributed by atoms with E-state index >= 15 is 0 Å². The lowest BCUT2D eigenvalue weighted by molar-refractivity contribution is 0.0716. The first kappa shape index (κ1) is 15.6. The first-order valence-corrected chi connectivity index (χ1v) is 7.98. The number of likely N-dealkylation sites (tertiary alicyclic amines) is 1. The number of fused-ring (bicyclic) bond motifs is 1. The quantitative estimate of drug-likeness (QED) is 0.665. The van der Waals surface area contributed by atoms with E-state index < -0.39 is 6.10 Å². The van der Waals surface area contributed by atoms with Gasteiger partial charge >= 0.3 is 5.69 Å². The van der Waals surface area contributed by atoms with Crippen LogP contribution in [0.5, 0.6) is 0 Å². The van der Waals surface area contributed by atoms with E-state index in [1.807, 2.05) is 0 Å². The number of H-pyrrole nitrogens is 2. The molecule has 1 amide bonds. The van der Waals surface area contributed by atoms with Crippen molar-refractivity contribution in [2.45, 2.75) is 18.6 Å². The second-order valence-corrected chi connectivity index (χ2v) is 6.25. The predicted octanol–water partition coefficient (Wildman–Crippen LogP) is 1.94. The molecule has 0 saturated carbocycles. The summed E-state index contributed by atoms with van der Waals surface area (Å²) in [5.74, 6) is -0.586. The number of aromatic amines is 2. The molecule has 1 aliphatic heterocycles. The minimum atomic E-state index is -0.630. The Bertz CT molecular complexity index is 993. The number of aliphatic hydroxyl groups is 1. The molecule has 1 fully saturated rings. The van der Waals surface area contributed by atoms with Gasteiger partial charge in [-0.25, -0.2) is 9.18 Å². The largest absolute Gasteiger partial charge is 0.391 e. The summed E-state index contributed by atoms with van der Waals surface area (Å²) >= 11 is 0. The fraction of sp³-hybridized carbons (Fsp3) is 0.222. The lowest BCUT2D eigenvalue weighted by atomic mass is 10.0. The van der Waals surface area contributed by atoms with E-state index in [0.29, 0.717) is 23.0 Å². The Balaban J connectivity index is 1.68. The maximum Gasteiger partial charge on any atom is 0.323 e. The molecule has 0 spiro atoms. The van der Waals surface area contributed by atoms with E-state index in [1.54, 1.807) is 35.2 Å². The number of β-amino-alcohol motifs (C(OH)–C–C–N with tert-alkyl or cyclic N) is 1. The van der Waals surface area contributed by atoms with Gasteiger partial charge in [0.25, 0.3) is 5.91 Å². The third-order valence-corrected chi connectivity index (χ3v) is 4.56. The van der Waals surface area contributed by atoms with Crippen molar-refractivity contribution < 1.29 is 14.3 Å². The number of carbonyl (C=O) groups excluding carboxylic acids is 1. The van der Waals surface area contributed by atoms with Crippen molar-refractivity contribution in [1.82, 2.24) is 14.9 Å². The van der Waals surface area contributed by atoms with Gasteiger partial charge in [0.1, 0.15) is 5.82 Å². The Kier molecular flexibility index (Phi) is 3.65. The monoisotopic (exact) mass is 341 g/mol. The number of hydrogen-bond donors (Lipinski definition) is 3. The number of imidazole rings is 1. The van der Waals surface area contributed by atoms with E-state index in [4.69, 9.17) is 0 Å². The number of amides is 1. The van der Waals surface area contributed by atoms with Crippen molar-refractivity contribution in [3.05, 3.63) is 69.9 Å². The van der Waals surface area contributed by atoms with E-state index in [9.17, 15) is 19.1 Å². The summed E-state index contributed by atoms with van der Waals surface area (Å²) < 4.78 is 13.2. The van der Waals surface area contributed by atoms with E-state index in [1.165, 1.54) is 12.1 Å². The average molecular weight is 341 g/mol. The number of nitrogens with one attached hydrogen (secondary N) is 2. The molecular weight excluding hydrogens is 325 g/mol. The van der Waals surface area contributed by atoms with E-state index in [-0.39, 0.29) is 30.0 Å². The summed E-state index contributed by atoms with van der Waals surface area (Å²) in [5, 5.41) is 10.0. The molecule has 2 atom stereocenters. The summed E-state index contributed by atoms with van der Waals surface area (Å²) in [5.41, 5.74) is 2.04. The van der Waals surface area contributed by atoms with Gasteiger partial charge in [-0.2, -0.15) is 0 Å². The average Bonchev–Trinajstić information content (AvgIpc) is 3.16. The van der Waals surface area contributed by atoms with Crippen LogP contribution < -0.4 is 5.69 Å². The Morgan fingerprint density at radius 3 is 2.60 bits per heavy atom. The molecule has 1 saturated heterocycles. The zero-order chi connectivity index (χ0) is 17.6. The highest BCUT2D eigenvalue weighted by Crippen LogP contribution is 2.33. The zero-order valence-corrected chi connectivity index (χ0v) is 13.2. The number of nitrogens with zero attached hydrogens (tertiary/aromatic N) is 1. The molecule has 3 aromatic rings. The van der Waals surface area contributed by atoms with Crippen LogP contribution in [-0.2, 0) is 0 Å². The van der Waals surface area contributed by atoms with Crippen LogP contribution in [0, 0.1) is 5.82 Å². The van der Waals surface area contributed by atoms with Crippen LogP contribution in [0.2, 0.25) is 0 Å². The number of aromatic nitrogens is 2. The topological polar surface area (TPSA) is 89.2 Å². The van der Waals surface area contributed by atoms with Crippen LogP contribution in [0.4, 0.5) is 4.39 Å². The second kappa shape index (κ2) is 5.86. The highest BCUT2D eigenvalue weighted by Gasteiger charge is 2.35. The molecular formula is C18H16FN3O3. The van der Waals surface area contributed by atoms with Gasteiger partial charge in [-0.15, -0.1) is 0 Å². The molecule has 0 aliphatic carbocycles. The first-order valence-electron chi connectivity index (χ1n) is 7.98. The van der Waals surface area contributed by atoms with Crippen molar-refractivity contribution in [1.29, 1.82) is 0 Å². The summed E-state index contributed by atoms with van der Waals surface area (Å²) in [6.45, 7) is 0.211. The molecule has 1 aliphatic rings. The third kappa shape index (κ3) is 2.83. The first-order chi connectivity index (χ1) is 12.0. The van der Waals surface area contributed by atoms with Crippen LogP contribution >= 0.6 is 0 Å². The Morgan fingerprint density at radius 1 is 1.12 bits per heavy atom. The van der Waals surface area contributed by atoms with Gasteiger partial charge in [0, 0.05) is 12.1 Å². The van der Waals surface area contributed by atoms with Crippen LogP contribution in [-0.4, -0.2) is 38.5 Å². The minimum absolute atomic E-state index is 0.211. The molecule has 7 heteroatoms. The van der Waals surface area contributed by atoms with Crippen molar-refractivity contribution in [3.63, 3.8) is 0 Å². The fourth-order valence-corrected chi connectivity index (χ4v) is 3.37. The number of aliphatic hydroxyl groups excluding tert-OH is 1. The highest BCUT2D eigenvalue weighted by atomic mass is 19.1. The zero-order valence-electron chi connectivity index (χ0n) is 13.2. The lowest BCUT2D eigenvalue weighted by Crippen LogP contribution is -2.31. The third-order valence-electron chi connectivity index (χ3n) is 4.56. The van der Waals surface area contributed by atoms with Crippen LogP contribution in [0.15, 0.2) is 47.3 Å². The molecule has 6 nitrogen and oxygen atoms in total. The minimum Gasteiger partial charge on any atom is -0.391 e. The molecule has 0 bridgehead atoms. The predicted molar refractivity (Wildman–Crippen MR) is 89.7 cm³/mol. The molecule has 128 valence electrons. The van der Waals surface area contributed by atoms with Gasteiger partial charge in [-0.3, -0.25) is 4.79 Å². The van der Waals surface area contributed by atoms with Gasteiger partial charge in [0.15, 0.2) is 0 Å². The van der Waals surface area contributed by atoms with E-state index in [2.05, 4.69) is 9.97 Å². The molecule has 0 unspecified atom stereocenters. The molecule has 1 aromatic heterocycles. The van der Waals surface area contributed by atoms with E-state index in [0.717, 1.165) is 5.56 Å². The number of carbonyl (C=O) groups is 1. The van der Waals surface area contributed by atoms with Gasteiger partial charge in [-0.1, -0.05) is 12.1 Å². The summed E-state index contributed by atoms with van der Waals surface area (Å²) in [6.07, 6.45) is -0.226. The number of hydrogen-bond acceptors (Lipinski definition) is 3. The van der Waals surface area contributed by atoms with Crippen molar-refractivity contribution in [3.8, 4) is 0 Å². The molecule has 0 radical (unpaired) electrons. The van der Waals surface area contributed by atoms with Crippen molar-refractivity contribution in [2.24, 2.45) is 0 Å². The maximum atomic E-state index is 13.2. The van der Waals surface area contributed by atoms with Crippen LogP contribution in [0.25, 0.3) is 11.0 Å². The lowest BCUT2D eigenvalue weighted by Gasteiger charge is -2.25. The molecule has 3 N–H and O–H groups in total. The Hall–Kier alpha value is -2.93. The standard InChI is InChI=1S/C18H16FN3O3/c19-12-4-1-10(2-5-12)16-8-13(23)9-22(16)17(24)11-3-6-14-15(7-11)21-18(25)20-14/h1-7,13,16,23H,8-9H2,(H2,20,21,25)/t13-,16-/m1/s1. The van der Waals surface area contributed by atoms with Crippen molar-refractivity contribution >= 4 is 16.9 Å². The van der Waals surface area contributed by atoms with Gasteiger partial charge in [-0.05, 0) is 42.3 Å². The normalized spacial score (nSPS) is 20.3. The summed E-state index contributed by atoms with van der Waals surface area (Å²) in [7, 11) is 0. The van der Waals surface area contributed by atoms with Gasteiger partial charge < -0.3 is 20.0 Å². The van der Waals surface area contributed by atoms with Gasteiger partial charge in [0.2, 0.25) is 0 Å². The van der Waals surface area contributed by atoms with Crippen LogP contribution in [0.3, 0.4) is 0 Å². The van der Waals surface area contributed by atoms with Crippen LogP contribution in [0.1, 0.15) is 28.4 Å². The fourth-order valence-electron chi connectivity index (χ4n) is 3.37.